The van der Waals surface area contributed by atoms with Gasteiger partial charge in [0.15, 0.2) is 0 Å². The quantitative estimate of drug-likeness (QED) is 0.747. The Hall–Kier alpha value is -2.23. The lowest BCUT2D eigenvalue weighted by Crippen LogP contribution is -2.30. The summed E-state index contributed by atoms with van der Waals surface area (Å²) in [6.07, 6.45) is -1.40. The van der Waals surface area contributed by atoms with Crippen LogP contribution in [-0.4, -0.2) is 39.9 Å². The highest BCUT2D eigenvalue weighted by Gasteiger charge is 2.31. The Morgan fingerprint density at radius 2 is 2.04 bits per heavy atom. The zero-order valence-corrected chi connectivity index (χ0v) is 15.6. The van der Waals surface area contributed by atoms with Crippen molar-refractivity contribution in [3.63, 3.8) is 0 Å². The van der Waals surface area contributed by atoms with E-state index in [1.165, 1.54) is 6.07 Å². The number of thioether (sulfide) groups is 1. The number of nitrogens with zero attached hydrogens (tertiary/aromatic N) is 3. The van der Waals surface area contributed by atoms with Gasteiger partial charge in [0.05, 0.1) is 22.7 Å². The Kier molecular flexibility index (Phi) is 5.93. The summed E-state index contributed by atoms with van der Waals surface area (Å²) in [7, 11) is 0. The predicted octanol–water partition coefficient (Wildman–Crippen LogP) is 3.85. The Bertz CT molecular complexity index is 802. The number of H-pyrrole nitrogens is 1. The molecule has 0 unspecified atom stereocenters. The van der Waals surface area contributed by atoms with E-state index in [-0.39, 0.29) is 11.4 Å². The molecule has 2 heterocycles. The van der Waals surface area contributed by atoms with Crippen molar-refractivity contribution in [1.29, 1.82) is 0 Å². The fourth-order valence-electron chi connectivity index (χ4n) is 2.93. The molecule has 1 aliphatic heterocycles. The molecule has 27 heavy (non-hydrogen) atoms. The van der Waals surface area contributed by atoms with Crippen molar-refractivity contribution in [3.05, 3.63) is 29.6 Å². The van der Waals surface area contributed by atoms with Gasteiger partial charge in [-0.2, -0.15) is 13.2 Å². The summed E-state index contributed by atoms with van der Waals surface area (Å²) in [5.41, 5.74) is 0.0223. The lowest BCUT2D eigenvalue weighted by molar-refractivity contribution is -0.137. The maximum Gasteiger partial charge on any atom is 0.416 e. The van der Waals surface area contributed by atoms with Gasteiger partial charge in [0.1, 0.15) is 5.82 Å². The molecule has 0 saturated carbocycles. The molecule has 1 saturated heterocycles. The van der Waals surface area contributed by atoms with Crippen molar-refractivity contribution in [2.24, 2.45) is 0 Å². The second-order valence-electron chi connectivity index (χ2n) is 6.32. The van der Waals surface area contributed by atoms with Gasteiger partial charge in [0.2, 0.25) is 11.1 Å². The first-order valence-corrected chi connectivity index (χ1v) is 9.59. The van der Waals surface area contributed by atoms with Crippen LogP contribution in [0.1, 0.15) is 30.7 Å². The average molecular weight is 399 g/mol. The number of piperidine rings is 1. The number of hydrogen-bond acceptors (Lipinski definition) is 5. The van der Waals surface area contributed by atoms with E-state index in [1.54, 1.807) is 6.92 Å². The Labute approximate surface area is 158 Å². The fraction of sp³-hybridized carbons (Fsp3) is 0.471. The lowest BCUT2D eigenvalue weighted by Gasteiger charge is -2.31. The monoisotopic (exact) mass is 399 g/mol. The van der Waals surface area contributed by atoms with E-state index in [4.69, 9.17) is 0 Å². The number of alkyl halides is 3. The van der Waals surface area contributed by atoms with E-state index in [1.807, 2.05) is 4.90 Å². The van der Waals surface area contributed by atoms with Crippen LogP contribution in [0.4, 0.5) is 24.5 Å². The first-order valence-electron chi connectivity index (χ1n) is 8.61. The molecule has 1 fully saturated rings. The molecule has 0 bridgehead atoms. The third-order valence-corrected chi connectivity index (χ3v) is 5.05. The second kappa shape index (κ2) is 8.20. The van der Waals surface area contributed by atoms with E-state index in [0.29, 0.717) is 16.7 Å². The molecule has 1 amide bonds. The minimum absolute atomic E-state index is 0.00692. The normalized spacial score (nSPS) is 15.0. The number of amides is 1. The molecule has 2 aromatic rings. The number of anilines is 2. The number of aryl methyl sites for hydroxylation is 1. The van der Waals surface area contributed by atoms with Crippen molar-refractivity contribution in [2.75, 3.05) is 29.1 Å². The second-order valence-corrected chi connectivity index (χ2v) is 7.26. The van der Waals surface area contributed by atoms with Gasteiger partial charge in [0, 0.05) is 13.1 Å². The summed E-state index contributed by atoms with van der Waals surface area (Å²) in [5, 5.41) is 9.64. The van der Waals surface area contributed by atoms with Gasteiger partial charge in [0.25, 0.3) is 0 Å². The van der Waals surface area contributed by atoms with Crippen LogP contribution in [0.25, 0.3) is 0 Å². The Morgan fingerprint density at radius 1 is 1.30 bits per heavy atom. The van der Waals surface area contributed by atoms with Gasteiger partial charge < -0.3 is 10.2 Å². The zero-order chi connectivity index (χ0) is 19.4. The van der Waals surface area contributed by atoms with Crippen LogP contribution in [0, 0.1) is 6.92 Å². The van der Waals surface area contributed by atoms with Gasteiger partial charge in [-0.1, -0.05) is 11.8 Å². The molecule has 1 aromatic carbocycles. The van der Waals surface area contributed by atoms with Crippen LogP contribution in [0.3, 0.4) is 0 Å². The summed E-state index contributed by atoms with van der Waals surface area (Å²) in [6, 6.07) is 3.50. The SMILES string of the molecule is Cc1nc(SCC(=O)Nc2cc(C(F)(F)F)ccc2N2CCCCC2)n[nH]1. The zero-order valence-electron chi connectivity index (χ0n) is 14.8. The van der Waals surface area contributed by atoms with Crippen molar-refractivity contribution in [3.8, 4) is 0 Å². The van der Waals surface area contributed by atoms with Crippen molar-refractivity contribution < 1.29 is 18.0 Å². The third kappa shape index (κ3) is 5.15. The van der Waals surface area contributed by atoms with E-state index >= 15 is 0 Å². The molecule has 0 atom stereocenters. The van der Waals surface area contributed by atoms with E-state index in [2.05, 4.69) is 20.5 Å². The smallest absolute Gasteiger partial charge is 0.370 e. The molecule has 0 radical (unpaired) electrons. The van der Waals surface area contributed by atoms with Crippen LogP contribution >= 0.6 is 11.8 Å². The number of carbonyl (C=O) groups is 1. The number of aromatic amines is 1. The van der Waals surface area contributed by atoms with Crippen molar-refractivity contribution in [1.82, 2.24) is 15.2 Å². The first-order chi connectivity index (χ1) is 12.8. The summed E-state index contributed by atoms with van der Waals surface area (Å²) in [6.45, 7) is 3.27. The van der Waals surface area contributed by atoms with Gasteiger partial charge in [-0.25, -0.2) is 4.98 Å². The number of rotatable bonds is 5. The van der Waals surface area contributed by atoms with Crippen LogP contribution in [0.2, 0.25) is 0 Å². The standard InChI is InChI=1S/C17H20F3N5OS/c1-11-21-16(24-23-11)27-10-15(26)22-13-9-12(17(18,19)20)5-6-14(13)25-7-3-2-4-8-25/h5-6,9H,2-4,7-8,10H2,1H3,(H,22,26)(H,21,23,24). The summed E-state index contributed by atoms with van der Waals surface area (Å²) in [5.74, 6) is 0.232. The molecule has 0 spiro atoms. The highest BCUT2D eigenvalue weighted by Crippen LogP contribution is 2.36. The Balaban J connectivity index is 1.76. The number of carbonyl (C=O) groups excluding carboxylic acids is 1. The van der Waals surface area contributed by atoms with Gasteiger partial charge in [-0.3, -0.25) is 9.89 Å². The van der Waals surface area contributed by atoms with E-state index in [0.717, 1.165) is 56.2 Å². The maximum atomic E-state index is 13.1. The molecule has 2 N–H and O–H groups in total. The number of benzene rings is 1. The van der Waals surface area contributed by atoms with Crippen molar-refractivity contribution >= 4 is 29.0 Å². The molecule has 1 aromatic heterocycles. The van der Waals surface area contributed by atoms with Crippen LogP contribution in [0.15, 0.2) is 23.4 Å². The number of nitrogens with one attached hydrogen (secondary N) is 2. The summed E-state index contributed by atoms with van der Waals surface area (Å²) in [4.78, 5) is 18.4. The maximum absolute atomic E-state index is 13.1. The summed E-state index contributed by atoms with van der Waals surface area (Å²) >= 11 is 1.12. The molecular formula is C17H20F3N5OS. The minimum Gasteiger partial charge on any atom is -0.370 e. The summed E-state index contributed by atoms with van der Waals surface area (Å²) < 4.78 is 39.3. The van der Waals surface area contributed by atoms with Crippen molar-refractivity contribution in [2.45, 2.75) is 37.5 Å². The molecule has 146 valence electrons. The molecular weight excluding hydrogens is 379 g/mol. The van der Waals surface area contributed by atoms with Gasteiger partial charge in [-0.15, -0.1) is 5.10 Å². The predicted molar refractivity (Wildman–Crippen MR) is 98.0 cm³/mol. The van der Waals surface area contributed by atoms with E-state index < -0.39 is 17.6 Å². The highest BCUT2D eigenvalue weighted by molar-refractivity contribution is 7.99. The number of aromatic nitrogens is 3. The number of halogens is 3. The first kappa shape index (κ1) is 19.5. The molecule has 0 aliphatic carbocycles. The largest absolute Gasteiger partial charge is 0.416 e. The van der Waals surface area contributed by atoms with Gasteiger partial charge >= 0.3 is 6.18 Å². The van der Waals surface area contributed by atoms with Crippen LogP contribution in [-0.2, 0) is 11.0 Å². The van der Waals surface area contributed by atoms with Crippen LogP contribution < -0.4 is 10.2 Å². The minimum atomic E-state index is -4.47. The van der Waals surface area contributed by atoms with E-state index in [9.17, 15) is 18.0 Å². The topological polar surface area (TPSA) is 73.9 Å². The molecule has 10 heteroatoms. The molecule has 6 nitrogen and oxygen atoms in total. The molecule has 3 rings (SSSR count). The molecule has 1 aliphatic rings. The highest BCUT2D eigenvalue weighted by atomic mass is 32.2. The lowest BCUT2D eigenvalue weighted by atomic mass is 10.1. The van der Waals surface area contributed by atoms with Crippen LogP contribution in [0.5, 0.6) is 0 Å². The number of hydrogen-bond donors (Lipinski definition) is 2. The average Bonchev–Trinajstić information content (AvgIpc) is 3.05. The Morgan fingerprint density at radius 3 is 2.67 bits per heavy atom. The third-order valence-electron chi connectivity index (χ3n) is 4.20. The van der Waals surface area contributed by atoms with Gasteiger partial charge in [-0.05, 0) is 44.4 Å². The fourth-order valence-corrected chi connectivity index (χ4v) is 3.57.